The lowest BCUT2D eigenvalue weighted by molar-refractivity contribution is 0.0986. The first kappa shape index (κ1) is 30.9. The molecular formula is C27H38N4O6S2. The fraction of sp³-hybridized carbons (Fsp3) is 0.481. The lowest BCUT2D eigenvalue weighted by atomic mass is 10.2. The summed E-state index contributed by atoms with van der Waals surface area (Å²) >= 11 is 1.44. The molecule has 2 aromatic carbocycles. The predicted octanol–water partition coefficient (Wildman–Crippen LogP) is 3.50. The smallest absolute Gasteiger partial charge is 0.260 e. The molecule has 0 aliphatic carbocycles. The lowest BCUT2D eigenvalue weighted by Gasteiger charge is -2.22. The summed E-state index contributed by atoms with van der Waals surface area (Å²) in [5.74, 6) is 0.406. The maximum absolute atomic E-state index is 13.8. The maximum atomic E-state index is 13.8. The van der Waals surface area contributed by atoms with Crippen molar-refractivity contribution in [2.24, 2.45) is 0 Å². The summed E-state index contributed by atoms with van der Waals surface area (Å²) < 4.78 is 44.5. The van der Waals surface area contributed by atoms with Crippen LogP contribution in [0.3, 0.4) is 0 Å². The molecule has 0 N–H and O–H groups in total. The van der Waals surface area contributed by atoms with E-state index < -0.39 is 10.0 Å². The van der Waals surface area contributed by atoms with E-state index in [0.29, 0.717) is 23.0 Å². The monoisotopic (exact) mass is 578 g/mol. The number of nitrogens with zero attached hydrogens (tertiary/aromatic N) is 4. The zero-order chi connectivity index (χ0) is 28.6. The van der Waals surface area contributed by atoms with Crippen molar-refractivity contribution in [2.45, 2.75) is 18.2 Å². The zero-order valence-electron chi connectivity index (χ0n) is 23.5. The average Bonchev–Trinajstić information content (AvgIpc) is 3.37. The van der Waals surface area contributed by atoms with Crippen molar-refractivity contribution in [1.29, 1.82) is 0 Å². The average molecular weight is 579 g/mol. The van der Waals surface area contributed by atoms with Crippen LogP contribution < -0.4 is 9.64 Å². The molecule has 39 heavy (non-hydrogen) atoms. The van der Waals surface area contributed by atoms with Gasteiger partial charge in [0.15, 0.2) is 5.13 Å². The molecule has 1 aromatic heterocycles. The maximum Gasteiger partial charge on any atom is 0.260 e. The summed E-state index contributed by atoms with van der Waals surface area (Å²) in [5, 5.41) is 0.573. The van der Waals surface area contributed by atoms with Gasteiger partial charge >= 0.3 is 0 Å². The van der Waals surface area contributed by atoms with Gasteiger partial charge in [0.25, 0.3) is 5.91 Å². The molecule has 214 valence electrons. The Hall–Kier alpha value is -2.61. The highest BCUT2D eigenvalue weighted by atomic mass is 32.2. The second-order valence-corrected chi connectivity index (χ2v) is 12.2. The minimum absolute atomic E-state index is 0.103. The number of amides is 1. The Morgan fingerprint density at radius 3 is 2.13 bits per heavy atom. The number of anilines is 1. The van der Waals surface area contributed by atoms with Crippen LogP contribution in [0.1, 0.15) is 22.3 Å². The number of carbonyl (C=O) groups is 1. The Balaban J connectivity index is 1.93. The Kier molecular flexibility index (Phi) is 11.2. The quantitative estimate of drug-likeness (QED) is 0.270. The molecule has 3 rings (SSSR count). The van der Waals surface area contributed by atoms with Crippen LogP contribution in [0, 0.1) is 6.92 Å². The molecule has 1 heterocycles. The van der Waals surface area contributed by atoms with Gasteiger partial charge in [-0.1, -0.05) is 17.4 Å². The number of methoxy groups -OCH3 is 3. The third kappa shape index (κ3) is 7.53. The fourth-order valence-corrected chi connectivity index (χ4v) is 6.50. The molecule has 0 aliphatic heterocycles. The third-order valence-corrected chi connectivity index (χ3v) is 9.33. The molecule has 0 aliphatic rings. The number of ether oxygens (including phenoxy) is 3. The second-order valence-electron chi connectivity index (χ2n) is 9.29. The van der Waals surface area contributed by atoms with Gasteiger partial charge in [-0.15, -0.1) is 0 Å². The number of aryl methyl sites for hydroxylation is 1. The van der Waals surface area contributed by atoms with Crippen molar-refractivity contribution < 1.29 is 27.4 Å². The molecule has 12 heteroatoms. The summed E-state index contributed by atoms with van der Waals surface area (Å²) in [5.41, 5.74) is 2.15. The van der Waals surface area contributed by atoms with Crippen molar-refractivity contribution in [3.8, 4) is 5.75 Å². The number of rotatable bonds is 15. The normalized spacial score (nSPS) is 12.0. The first-order valence-electron chi connectivity index (χ1n) is 12.6. The lowest BCUT2D eigenvalue weighted by Crippen LogP contribution is -2.36. The van der Waals surface area contributed by atoms with Gasteiger partial charge in [0.1, 0.15) is 11.3 Å². The van der Waals surface area contributed by atoms with Crippen LogP contribution in [0.2, 0.25) is 0 Å². The summed E-state index contributed by atoms with van der Waals surface area (Å²) in [4.78, 5) is 22.4. The van der Waals surface area contributed by atoms with Gasteiger partial charge in [-0.05, 0) is 69.9 Å². The van der Waals surface area contributed by atoms with Gasteiger partial charge in [-0.3, -0.25) is 9.69 Å². The van der Waals surface area contributed by atoms with Gasteiger partial charge in [-0.2, -0.15) is 4.31 Å². The van der Waals surface area contributed by atoms with Crippen molar-refractivity contribution in [2.75, 3.05) is 79.7 Å². The molecular weight excluding hydrogens is 540 g/mol. The number of carbonyl (C=O) groups excluding carboxylic acids is 1. The van der Waals surface area contributed by atoms with Crippen LogP contribution in [-0.4, -0.2) is 103 Å². The van der Waals surface area contributed by atoms with Crippen LogP contribution in [0.4, 0.5) is 5.13 Å². The standard InChI is InChI=1S/C27H38N4O6S2/c1-20-8-13-23(37-6)24-25(20)38-27(28-24)31(15-7-14-29(2)3)26(32)21-9-11-22(12-10-21)39(33,34)30(16-18-35-4)17-19-36-5/h8-13H,7,14-19H2,1-6H3. The van der Waals surface area contributed by atoms with Crippen LogP contribution in [-0.2, 0) is 19.5 Å². The SMILES string of the molecule is COCCN(CCOC)S(=O)(=O)c1ccc(C(=O)N(CCCN(C)C)c2nc3c(OC)ccc(C)c3s2)cc1. The van der Waals surface area contributed by atoms with Crippen molar-refractivity contribution in [3.63, 3.8) is 0 Å². The van der Waals surface area contributed by atoms with Crippen LogP contribution in [0.5, 0.6) is 5.75 Å². The summed E-state index contributed by atoms with van der Waals surface area (Å²) in [6, 6.07) is 9.90. The molecule has 0 bridgehead atoms. The Morgan fingerprint density at radius 2 is 1.56 bits per heavy atom. The minimum atomic E-state index is -3.80. The van der Waals surface area contributed by atoms with E-state index >= 15 is 0 Å². The highest BCUT2D eigenvalue weighted by Gasteiger charge is 2.26. The molecule has 0 fully saturated rings. The number of fused-ring (bicyclic) bond motifs is 1. The highest BCUT2D eigenvalue weighted by molar-refractivity contribution is 7.89. The largest absolute Gasteiger partial charge is 0.494 e. The summed E-state index contributed by atoms with van der Waals surface area (Å²) in [7, 11) is 4.82. The van der Waals surface area contributed by atoms with Crippen molar-refractivity contribution in [3.05, 3.63) is 47.5 Å². The van der Waals surface area contributed by atoms with Gasteiger partial charge in [0, 0.05) is 39.4 Å². The van der Waals surface area contributed by atoms with Crippen molar-refractivity contribution >= 4 is 42.6 Å². The van der Waals surface area contributed by atoms with Crippen molar-refractivity contribution in [1.82, 2.24) is 14.2 Å². The number of hydrogen-bond donors (Lipinski definition) is 0. The fourth-order valence-electron chi connectivity index (χ4n) is 4.02. The van der Waals surface area contributed by atoms with Crippen LogP contribution in [0.25, 0.3) is 10.2 Å². The van der Waals surface area contributed by atoms with E-state index in [1.165, 1.54) is 42.0 Å². The Labute approximate surface area is 235 Å². The highest BCUT2D eigenvalue weighted by Crippen LogP contribution is 2.37. The number of hydrogen-bond acceptors (Lipinski definition) is 9. The van der Waals surface area contributed by atoms with E-state index in [2.05, 4.69) is 4.90 Å². The minimum Gasteiger partial charge on any atom is -0.494 e. The van der Waals surface area contributed by atoms with E-state index in [1.54, 1.807) is 24.1 Å². The molecule has 0 saturated carbocycles. The zero-order valence-corrected chi connectivity index (χ0v) is 25.1. The van der Waals surface area contributed by atoms with Gasteiger partial charge in [0.2, 0.25) is 10.0 Å². The summed E-state index contributed by atoms with van der Waals surface area (Å²) in [6.45, 7) is 4.17. The first-order chi connectivity index (χ1) is 18.6. The third-order valence-electron chi connectivity index (χ3n) is 6.20. The molecule has 1 amide bonds. The molecule has 0 spiro atoms. The van der Waals surface area contributed by atoms with Crippen LogP contribution in [0.15, 0.2) is 41.3 Å². The molecule has 3 aromatic rings. The molecule has 0 radical (unpaired) electrons. The van der Waals surface area contributed by atoms with E-state index in [4.69, 9.17) is 19.2 Å². The van der Waals surface area contributed by atoms with Crippen LogP contribution >= 0.6 is 11.3 Å². The van der Waals surface area contributed by atoms with E-state index in [9.17, 15) is 13.2 Å². The number of thiazole rings is 1. The van der Waals surface area contributed by atoms with Gasteiger partial charge < -0.3 is 19.1 Å². The van der Waals surface area contributed by atoms with E-state index in [-0.39, 0.29) is 37.1 Å². The first-order valence-corrected chi connectivity index (χ1v) is 14.9. The molecule has 0 saturated heterocycles. The Bertz CT molecular complexity index is 1330. The van der Waals surface area contributed by atoms with Gasteiger partial charge in [-0.25, -0.2) is 13.4 Å². The summed E-state index contributed by atoms with van der Waals surface area (Å²) in [6.07, 6.45) is 0.741. The van der Waals surface area contributed by atoms with Gasteiger partial charge in [0.05, 0.1) is 29.9 Å². The second kappa shape index (κ2) is 14.1. The van der Waals surface area contributed by atoms with E-state index in [0.717, 1.165) is 28.7 Å². The predicted molar refractivity (Wildman–Crippen MR) is 155 cm³/mol. The molecule has 0 atom stereocenters. The molecule has 10 nitrogen and oxygen atoms in total. The number of aromatic nitrogens is 1. The Morgan fingerprint density at radius 1 is 0.923 bits per heavy atom. The van der Waals surface area contributed by atoms with E-state index in [1.807, 2.05) is 33.2 Å². The molecule has 0 unspecified atom stereocenters. The topological polar surface area (TPSA) is 102 Å². The number of benzene rings is 2. The number of sulfonamides is 1.